The highest BCUT2D eigenvalue weighted by Gasteiger charge is 2.19. The molecule has 0 saturated heterocycles. The molecule has 1 N–H and O–H groups in total. The highest BCUT2D eigenvalue weighted by Crippen LogP contribution is 2.29. The van der Waals surface area contributed by atoms with Gasteiger partial charge < -0.3 is 19.5 Å². The zero-order valence-electron chi connectivity index (χ0n) is 20.1. The molecule has 1 aliphatic heterocycles. The smallest absolute Gasteiger partial charge is 0.174 e. The number of unbranched alkanes of at least 4 members (excludes halogenated alkanes) is 1. The van der Waals surface area contributed by atoms with Gasteiger partial charge >= 0.3 is 0 Å². The van der Waals surface area contributed by atoms with Crippen molar-refractivity contribution in [3.05, 3.63) is 82.8 Å². The third-order valence-electron chi connectivity index (χ3n) is 6.35. The fourth-order valence-corrected chi connectivity index (χ4v) is 4.81. The summed E-state index contributed by atoms with van der Waals surface area (Å²) in [7, 11) is 0. The second kappa shape index (κ2) is 10.9. The highest BCUT2D eigenvalue weighted by molar-refractivity contribution is 7.80. The first-order valence-electron chi connectivity index (χ1n) is 12.1. The van der Waals surface area contributed by atoms with E-state index in [0.29, 0.717) is 11.7 Å². The molecule has 0 fully saturated rings. The minimum Gasteiger partial charge on any atom is -0.467 e. The Morgan fingerprint density at radius 3 is 2.76 bits per heavy atom. The number of hydrogen-bond donors (Lipinski definition) is 1. The lowest BCUT2D eigenvalue weighted by molar-refractivity contribution is 0.360. The van der Waals surface area contributed by atoms with Crippen LogP contribution in [0.3, 0.4) is 0 Å². The number of nitrogens with one attached hydrogen (secondary N) is 1. The lowest BCUT2D eigenvalue weighted by atomic mass is 9.98. The van der Waals surface area contributed by atoms with E-state index < -0.39 is 0 Å². The predicted octanol–water partition coefficient (Wildman–Crippen LogP) is 6.85. The summed E-state index contributed by atoms with van der Waals surface area (Å²) in [4.78, 5) is 4.74. The Labute approximate surface area is 203 Å². The molecule has 0 aliphatic carbocycles. The number of aryl methyl sites for hydroxylation is 3. The van der Waals surface area contributed by atoms with Crippen LogP contribution in [0, 0.1) is 13.8 Å². The number of thiocarbonyl (C=S) groups is 1. The topological polar surface area (TPSA) is 31.6 Å². The van der Waals surface area contributed by atoms with Gasteiger partial charge in [-0.15, -0.1) is 0 Å². The second-order valence-corrected chi connectivity index (χ2v) is 9.48. The number of furan rings is 1. The number of rotatable bonds is 8. The average Bonchev–Trinajstić information content (AvgIpc) is 3.32. The number of nitrogens with zero attached hydrogens (tertiary/aromatic N) is 2. The second-order valence-electron chi connectivity index (χ2n) is 9.09. The SMILES string of the molecule is CCCCN1CCCc2cc(CN(Cc3ccco3)C(=S)Nc3ccc(C)cc3C)ccc21. The Kier molecular flexibility index (Phi) is 7.71. The normalized spacial score (nSPS) is 13.0. The predicted molar refractivity (Wildman–Crippen MR) is 142 cm³/mol. The van der Waals surface area contributed by atoms with Gasteiger partial charge in [0.15, 0.2) is 5.11 Å². The summed E-state index contributed by atoms with van der Waals surface area (Å²) in [6, 6.07) is 17.3. The molecule has 0 amide bonds. The first-order valence-corrected chi connectivity index (χ1v) is 12.5. The van der Waals surface area contributed by atoms with Gasteiger partial charge in [-0.1, -0.05) is 43.2 Å². The monoisotopic (exact) mass is 461 g/mol. The Morgan fingerprint density at radius 1 is 1.12 bits per heavy atom. The molecule has 0 atom stereocenters. The number of anilines is 2. The number of fused-ring (bicyclic) bond motifs is 1. The third kappa shape index (κ3) is 5.97. The first kappa shape index (κ1) is 23.4. The molecule has 0 saturated carbocycles. The summed E-state index contributed by atoms with van der Waals surface area (Å²) >= 11 is 5.87. The summed E-state index contributed by atoms with van der Waals surface area (Å²) in [6.07, 6.45) is 6.57. The van der Waals surface area contributed by atoms with E-state index in [9.17, 15) is 0 Å². The van der Waals surface area contributed by atoms with Crippen LogP contribution in [-0.4, -0.2) is 23.1 Å². The number of benzene rings is 2. The number of hydrogen-bond acceptors (Lipinski definition) is 3. The molecule has 174 valence electrons. The fraction of sp³-hybridized carbons (Fsp3) is 0.393. The molecule has 33 heavy (non-hydrogen) atoms. The van der Waals surface area contributed by atoms with Crippen LogP contribution in [0.5, 0.6) is 0 Å². The van der Waals surface area contributed by atoms with Crippen molar-refractivity contribution in [1.82, 2.24) is 4.90 Å². The average molecular weight is 462 g/mol. The molecule has 0 unspecified atom stereocenters. The Bertz CT molecular complexity index is 1080. The third-order valence-corrected chi connectivity index (χ3v) is 6.71. The maximum atomic E-state index is 5.87. The van der Waals surface area contributed by atoms with Gasteiger partial charge in [-0.2, -0.15) is 0 Å². The summed E-state index contributed by atoms with van der Waals surface area (Å²) in [6.45, 7) is 10.2. The van der Waals surface area contributed by atoms with Crippen molar-refractivity contribution in [3.63, 3.8) is 0 Å². The quantitative estimate of drug-likeness (QED) is 0.371. The zero-order valence-corrected chi connectivity index (χ0v) is 20.9. The van der Waals surface area contributed by atoms with E-state index in [4.69, 9.17) is 16.6 Å². The van der Waals surface area contributed by atoms with Crippen LogP contribution < -0.4 is 10.2 Å². The Morgan fingerprint density at radius 2 is 2.00 bits per heavy atom. The van der Waals surface area contributed by atoms with Crippen LogP contribution in [0.25, 0.3) is 0 Å². The lowest BCUT2D eigenvalue weighted by Crippen LogP contribution is -2.34. The Hall–Kier alpha value is -2.79. The van der Waals surface area contributed by atoms with Crippen LogP contribution in [-0.2, 0) is 19.5 Å². The van der Waals surface area contributed by atoms with Crippen LogP contribution in [0.1, 0.15) is 54.2 Å². The van der Waals surface area contributed by atoms with Gasteiger partial charge in [-0.25, -0.2) is 0 Å². The molecule has 1 aliphatic rings. The van der Waals surface area contributed by atoms with E-state index in [2.05, 4.69) is 72.3 Å². The van der Waals surface area contributed by atoms with Crippen molar-refractivity contribution < 1.29 is 4.42 Å². The largest absolute Gasteiger partial charge is 0.467 e. The van der Waals surface area contributed by atoms with Gasteiger partial charge in [-0.3, -0.25) is 0 Å². The van der Waals surface area contributed by atoms with Crippen LogP contribution in [0.4, 0.5) is 11.4 Å². The lowest BCUT2D eigenvalue weighted by Gasteiger charge is -2.32. The molecule has 0 spiro atoms. The Balaban J connectivity index is 1.53. The van der Waals surface area contributed by atoms with Gasteiger partial charge in [0.05, 0.1) is 12.8 Å². The summed E-state index contributed by atoms with van der Waals surface area (Å²) in [5.74, 6) is 0.906. The first-order chi connectivity index (χ1) is 16.0. The van der Waals surface area contributed by atoms with Crippen molar-refractivity contribution in [3.8, 4) is 0 Å². The summed E-state index contributed by atoms with van der Waals surface area (Å²) < 4.78 is 5.65. The fourth-order valence-electron chi connectivity index (χ4n) is 4.57. The molecular weight excluding hydrogens is 426 g/mol. The van der Waals surface area contributed by atoms with Gasteiger partial charge in [0.2, 0.25) is 0 Å². The molecule has 3 aromatic rings. The molecule has 0 radical (unpaired) electrons. The minimum atomic E-state index is 0.628. The molecule has 4 rings (SSSR count). The van der Waals surface area contributed by atoms with E-state index >= 15 is 0 Å². The van der Waals surface area contributed by atoms with Crippen molar-refractivity contribution in [2.75, 3.05) is 23.3 Å². The highest BCUT2D eigenvalue weighted by atomic mass is 32.1. The molecule has 4 nitrogen and oxygen atoms in total. The zero-order chi connectivity index (χ0) is 23.2. The van der Waals surface area contributed by atoms with E-state index in [0.717, 1.165) is 31.0 Å². The summed E-state index contributed by atoms with van der Waals surface area (Å²) in [5.41, 5.74) is 7.64. The van der Waals surface area contributed by atoms with Crippen molar-refractivity contribution in [1.29, 1.82) is 0 Å². The summed E-state index contributed by atoms with van der Waals surface area (Å²) in [5, 5.41) is 4.18. The van der Waals surface area contributed by atoms with Crippen molar-refractivity contribution >= 4 is 28.7 Å². The van der Waals surface area contributed by atoms with E-state index in [1.54, 1.807) is 6.26 Å². The van der Waals surface area contributed by atoms with Gasteiger partial charge in [0.25, 0.3) is 0 Å². The molecule has 2 heterocycles. The van der Waals surface area contributed by atoms with E-state index in [-0.39, 0.29) is 0 Å². The maximum Gasteiger partial charge on any atom is 0.174 e. The van der Waals surface area contributed by atoms with Crippen molar-refractivity contribution in [2.45, 2.75) is 59.5 Å². The van der Waals surface area contributed by atoms with Crippen LogP contribution in [0.2, 0.25) is 0 Å². The molecule has 0 bridgehead atoms. The van der Waals surface area contributed by atoms with Crippen LogP contribution in [0.15, 0.2) is 59.2 Å². The molecule has 1 aromatic heterocycles. The van der Waals surface area contributed by atoms with E-state index in [1.807, 2.05) is 12.1 Å². The van der Waals surface area contributed by atoms with Crippen molar-refractivity contribution in [2.24, 2.45) is 0 Å². The molecular formula is C28H35N3OS. The molecule has 2 aromatic carbocycles. The van der Waals surface area contributed by atoms with E-state index in [1.165, 1.54) is 53.7 Å². The van der Waals surface area contributed by atoms with Gasteiger partial charge in [0.1, 0.15) is 5.76 Å². The molecule has 5 heteroatoms. The minimum absolute atomic E-state index is 0.628. The van der Waals surface area contributed by atoms with Crippen LogP contribution >= 0.6 is 12.2 Å². The standard InChI is InChI=1S/C28H35N3OS/c1-4-5-14-30-15-6-8-24-18-23(11-13-27(24)30)19-31(20-25-9-7-16-32-25)28(33)29-26-12-10-21(2)17-22(26)3/h7,9-13,16-18H,4-6,8,14-15,19-20H2,1-3H3,(H,29,33). The maximum absolute atomic E-state index is 5.87. The van der Waals surface area contributed by atoms with Gasteiger partial charge in [0, 0.05) is 31.0 Å². The van der Waals surface area contributed by atoms with Gasteiger partial charge in [-0.05, 0) is 86.3 Å².